The molecule has 0 aliphatic carbocycles. The van der Waals surface area contributed by atoms with Crippen molar-refractivity contribution in [2.45, 2.75) is 24.1 Å². The van der Waals surface area contributed by atoms with E-state index in [4.69, 9.17) is 5.73 Å². The van der Waals surface area contributed by atoms with Crippen LogP contribution in [0.4, 0.5) is 0 Å². The molecule has 5 nitrogen and oxygen atoms in total. The molecular weight excluding hydrogens is 270 g/mol. The van der Waals surface area contributed by atoms with E-state index < -0.39 is 10.0 Å². The van der Waals surface area contributed by atoms with Gasteiger partial charge in [-0.2, -0.15) is 4.31 Å². The van der Waals surface area contributed by atoms with Crippen LogP contribution in [0.5, 0.6) is 0 Å². The second-order valence-corrected chi connectivity index (χ2v) is 6.76. The largest absolute Gasteiger partial charge is 0.329 e. The first kappa shape index (κ1) is 15.8. The van der Waals surface area contributed by atoms with Gasteiger partial charge in [-0.25, -0.2) is 13.4 Å². The molecule has 0 bridgehead atoms. The highest BCUT2D eigenvalue weighted by Gasteiger charge is 2.26. The number of rotatable bonds is 4. The Bertz CT molecular complexity index is 432. The maximum atomic E-state index is 12.0. The van der Waals surface area contributed by atoms with Gasteiger partial charge in [-0.05, 0) is 13.8 Å². The Labute approximate surface area is 106 Å². The van der Waals surface area contributed by atoms with E-state index in [1.165, 1.54) is 28.9 Å². The Kier molecular flexibility index (Phi) is 5.85. The molecule has 0 saturated carbocycles. The summed E-state index contributed by atoms with van der Waals surface area (Å²) in [4.78, 5) is 3.93. The number of aromatic nitrogens is 1. The van der Waals surface area contributed by atoms with E-state index in [-0.39, 0.29) is 22.7 Å². The lowest BCUT2D eigenvalue weighted by atomic mass is 10.4. The van der Waals surface area contributed by atoms with E-state index in [0.717, 1.165) is 5.01 Å². The third-order valence-corrected chi connectivity index (χ3v) is 5.52. The summed E-state index contributed by atoms with van der Waals surface area (Å²) >= 11 is 1.17. The van der Waals surface area contributed by atoms with E-state index in [1.807, 2.05) is 0 Å². The number of nitrogens with zero attached hydrogens (tertiary/aromatic N) is 2. The van der Waals surface area contributed by atoms with Crippen LogP contribution in [-0.2, 0) is 10.0 Å². The van der Waals surface area contributed by atoms with E-state index in [2.05, 4.69) is 4.98 Å². The molecule has 1 aromatic rings. The highest BCUT2D eigenvalue weighted by atomic mass is 35.5. The van der Waals surface area contributed by atoms with Gasteiger partial charge in [0, 0.05) is 19.6 Å². The van der Waals surface area contributed by atoms with Gasteiger partial charge in [0.05, 0.1) is 11.2 Å². The number of sulfonamides is 1. The van der Waals surface area contributed by atoms with Crippen LogP contribution in [0, 0.1) is 6.92 Å². The number of hydrogen-bond donors (Lipinski definition) is 1. The summed E-state index contributed by atoms with van der Waals surface area (Å²) in [6, 6.07) is -0.211. The van der Waals surface area contributed by atoms with Gasteiger partial charge in [0.15, 0.2) is 4.21 Å². The molecule has 1 heterocycles. The lowest BCUT2D eigenvalue weighted by molar-refractivity contribution is 0.395. The van der Waals surface area contributed by atoms with Crippen LogP contribution in [0.25, 0.3) is 0 Å². The Morgan fingerprint density at radius 1 is 1.62 bits per heavy atom. The number of nitrogens with two attached hydrogens (primary N) is 1. The van der Waals surface area contributed by atoms with Crippen LogP contribution in [0.3, 0.4) is 0 Å². The number of likely N-dealkylation sites (N-methyl/N-ethyl adjacent to an activating group) is 1. The maximum absolute atomic E-state index is 12.0. The molecule has 94 valence electrons. The molecular formula is C8H16ClN3O2S2. The summed E-state index contributed by atoms with van der Waals surface area (Å²) in [5, 5.41) is 0.738. The molecule has 1 atom stereocenters. The van der Waals surface area contributed by atoms with Crippen molar-refractivity contribution in [3.8, 4) is 0 Å². The van der Waals surface area contributed by atoms with Crippen LogP contribution >= 0.6 is 23.7 Å². The van der Waals surface area contributed by atoms with Gasteiger partial charge in [-0.3, -0.25) is 0 Å². The average Bonchev–Trinajstić information content (AvgIpc) is 2.63. The summed E-state index contributed by atoms with van der Waals surface area (Å²) in [5.41, 5.74) is 5.43. The fourth-order valence-electron chi connectivity index (χ4n) is 0.988. The molecule has 0 aliphatic heterocycles. The van der Waals surface area contributed by atoms with Crippen molar-refractivity contribution in [3.05, 3.63) is 11.2 Å². The third kappa shape index (κ3) is 3.14. The second-order valence-electron chi connectivity index (χ2n) is 3.30. The first-order chi connectivity index (χ1) is 6.89. The fourth-order valence-corrected chi connectivity index (χ4v) is 3.66. The van der Waals surface area contributed by atoms with Crippen molar-refractivity contribution >= 4 is 33.8 Å². The van der Waals surface area contributed by atoms with Crippen LogP contribution in [0.15, 0.2) is 10.4 Å². The van der Waals surface area contributed by atoms with E-state index >= 15 is 0 Å². The molecule has 0 fully saturated rings. The lowest BCUT2D eigenvalue weighted by Gasteiger charge is -2.21. The van der Waals surface area contributed by atoms with Crippen molar-refractivity contribution < 1.29 is 8.42 Å². The van der Waals surface area contributed by atoms with Gasteiger partial charge >= 0.3 is 0 Å². The maximum Gasteiger partial charge on any atom is 0.254 e. The zero-order valence-corrected chi connectivity index (χ0v) is 11.8. The highest BCUT2D eigenvalue weighted by Crippen LogP contribution is 2.22. The molecule has 0 aliphatic rings. The van der Waals surface area contributed by atoms with Crippen molar-refractivity contribution in [1.82, 2.24) is 9.29 Å². The molecule has 1 aromatic heterocycles. The molecule has 0 spiro atoms. The summed E-state index contributed by atoms with van der Waals surface area (Å²) in [5.74, 6) is 0. The van der Waals surface area contributed by atoms with Crippen LogP contribution < -0.4 is 5.73 Å². The monoisotopic (exact) mass is 285 g/mol. The fraction of sp³-hybridized carbons (Fsp3) is 0.625. The highest BCUT2D eigenvalue weighted by molar-refractivity contribution is 7.91. The van der Waals surface area contributed by atoms with Gasteiger partial charge in [-0.1, -0.05) is 0 Å². The standard InChI is InChI=1S/C8H15N3O2S2.ClH/c1-6(4-9)11(3)15(12,13)8-5-10-7(2)14-8;/h5-6H,4,9H2,1-3H3;1H. The normalized spacial score (nSPS) is 13.6. The molecule has 1 unspecified atom stereocenters. The lowest BCUT2D eigenvalue weighted by Crippen LogP contribution is -2.39. The van der Waals surface area contributed by atoms with Crippen LogP contribution in [0.2, 0.25) is 0 Å². The van der Waals surface area contributed by atoms with E-state index in [9.17, 15) is 8.42 Å². The first-order valence-electron chi connectivity index (χ1n) is 4.50. The van der Waals surface area contributed by atoms with Crippen molar-refractivity contribution in [2.75, 3.05) is 13.6 Å². The van der Waals surface area contributed by atoms with Crippen molar-refractivity contribution in [3.63, 3.8) is 0 Å². The van der Waals surface area contributed by atoms with Gasteiger partial charge in [-0.15, -0.1) is 23.7 Å². The van der Waals surface area contributed by atoms with Gasteiger partial charge < -0.3 is 5.73 Å². The van der Waals surface area contributed by atoms with E-state index in [0.29, 0.717) is 6.54 Å². The molecule has 0 aromatic carbocycles. The number of thiazole rings is 1. The Hall–Kier alpha value is -0.210. The number of aryl methyl sites for hydroxylation is 1. The average molecular weight is 286 g/mol. The zero-order valence-electron chi connectivity index (χ0n) is 9.37. The zero-order chi connectivity index (χ0) is 11.6. The topological polar surface area (TPSA) is 76.3 Å². The minimum Gasteiger partial charge on any atom is -0.329 e. The molecule has 2 N–H and O–H groups in total. The smallest absolute Gasteiger partial charge is 0.254 e. The predicted octanol–water partition coefficient (Wildman–Crippen LogP) is 0.841. The first-order valence-corrected chi connectivity index (χ1v) is 6.75. The van der Waals surface area contributed by atoms with Crippen LogP contribution in [-0.4, -0.2) is 37.3 Å². The van der Waals surface area contributed by atoms with Gasteiger partial charge in [0.2, 0.25) is 0 Å². The minimum atomic E-state index is -3.42. The quantitative estimate of drug-likeness (QED) is 0.889. The molecule has 1 rings (SSSR count). The van der Waals surface area contributed by atoms with Crippen LogP contribution in [0.1, 0.15) is 11.9 Å². The third-order valence-electron chi connectivity index (χ3n) is 2.20. The van der Waals surface area contributed by atoms with Crippen molar-refractivity contribution in [2.24, 2.45) is 5.73 Å². The minimum absolute atomic E-state index is 0. The number of hydrogen-bond acceptors (Lipinski definition) is 5. The molecule has 0 radical (unpaired) electrons. The van der Waals surface area contributed by atoms with E-state index in [1.54, 1.807) is 13.8 Å². The van der Waals surface area contributed by atoms with Gasteiger partial charge in [0.25, 0.3) is 10.0 Å². The molecule has 8 heteroatoms. The van der Waals surface area contributed by atoms with Gasteiger partial charge in [0.1, 0.15) is 0 Å². The Morgan fingerprint density at radius 3 is 2.56 bits per heavy atom. The Balaban J connectivity index is 0.00000225. The SMILES string of the molecule is Cc1ncc(S(=O)(=O)N(C)C(C)CN)s1.Cl. The van der Waals surface area contributed by atoms with Crippen molar-refractivity contribution in [1.29, 1.82) is 0 Å². The second kappa shape index (κ2) is 5.92. The molecule has 0 saturated heterocycles. The summed E-state index contributed by atoms with van der Waals surface area (Å²) < 4.78 is 25.5. The summed E-state index contributed by atoms with van der Waals surface area (Å²) in [7, 11) is -1.89. The summed E-state index contributed by atoms with van der Waals surface area (Å²) in [6.07, 6.45) is 1.38. The summed E-state index contributed by atoms with van der Waals surface area (Å²) in [6.45, 7) is 3.84. The molecule has 16 heavy (non-hydrogen) atoms. The Morgan fingerprint density at radius 2 is 2.19 bits per heavy atom. The number of halogens is 1. The molecule has 0 amide bonds. The predicted molar refractivity (Wildman–Crippen MR) is 67.6 cm³/mol.